The first-order chi connectivity index (χ1) is 8.50. The number of nitrogens with one attached hydrogen (secondary N) is 1. The summed E-state index contributed by atoms with van der Waals surface area (Å²) in [6.45, 7) is -0.898. The van der Waals surface area contributed by atoms with Crippen molar-refractivity contribution in [2.45, 2.75) is 44.6 Å². The molecule has 1 fully saturated rings. The lowest BCUT2D eigenvalue weighted by Crippen LogP contribution is -2.39. The van der Waals surface area contributed by atoms with E-state index >= 15 is 0 Å². The van der Waals surface area contributed by atoms with Crippen molar-refractivity contribution in [2.75, 3.05) is 0 Å². The number of aromatic amines is 1. The number of rotatable bonds is 3. The van der Waals surface area contributed by atoms with Crippen molar-refractivity contribution in [3.63, 3.8) is 0 Å². The average molecular weight is 279 g/mol. The molecule has 0 bridgehead atoms. The Labute approximate surface area is 107 Å². The highest BCUT2D eigenvalue weighted by atomic mass is 35.5. The van der Waals surface area contributed by atoms with E-state index in [0.29, 0.717) is 4.57 Å². The second kappa shape index (κ2) is 5.22. The highest BCUT2D eigenvalue weighted by Gasteiger charge is 2.25. The molecule has 0 spiro atoms. The topological polar surface area (TPSA) is 54.9 Å². The number of alkyl halides is 2. The zero-order chi connectivity index (χ0) is 13.3. The van der Waals surface area contributed by atoms with Crippen LogP contribution in [-0.2, 0) is 6.54 Å². The lowest BCUT2D eigenvalue weighted by Gasteiger charge is -2.13. The molecule has 4 nitrogen and oxygen atoms in total. The van der Waals surface area contributed by atoms with Crippen LogP contribution in [0, 0.1) is 0 Å². The molecule has 2 rings (SSSR count). The van der Waals surface area contributed by atoms with Crippen molar-refractivity contribution in [3.8, 4) is 0 Å². The van der Waals surface area contributed by atoms with E-state index in [1.165, 1.54) is 0 Å². The fraction of sp³-hybridized carbons (Fsp3) is 0.636. The summed E-state index contributed by atoms with van der Waals surface area (Å²) in [4.78, 5) is 25.8. The summed E-state index contributed by atoms with van der Waals surface area (Å²) in [6, 6.07) is 0. The molecule has 0 atom stereocenters. The van der Waals surface area contributed by atoms with E-state index in [9.17, 15) is 18.4 Å². The standard InChI is InChI=1S/C11H13ClF2N2O2/c12-9-8(6-3-1-2-4-6)10(17)16(5-7(13)14)11(18)15-9/h6-7H,1-5H2,(H,15,18). The van der Waals surface area contributed by atoms with Gasteiger partial charge in [-0.05, 0) is 18.8 Å². The van der Waals surface area contributed by atoms with E-state index < -0.39 is 24.2 Å². The molecule has 0 amide bonds. The van der Waals surface area contributed by atoms with E-state index in [2.05, 4.69) is 4.98 Å². The van der Waals surface area contributed by atoms with Crippen LogP contribution in [0.3, 0.4) is 0 Å². The van der Waals surface area contributed by atoms with Crippen LogP contribution in [0.15, 0.2) is 9.59 Å². The Morgan fingerprint density at radius 1 is 1.33 bits per heavy atom. The molecule has 7 heteroatoms. The van der Waals surface area contributed by atoms with E-state index in [-0.39, 0.29) is 16.6 Å². The third kappa shape index (κ3) is 2.48. The van der Waals surface area contributed by atoms with Crippen LogP contribution in [0.25, 0.3) is 0 Å². The summed E-state index contributed by atoms with van der Waals surface area (Å²) >= 11 is 5.87. The van der Waals surface area contributed by atoms with E-state index in [0.717, 1.165) is 25.7 Å². The Hall–Kier alpha value is -1.17. The maximum Gasteiger partial charge on any atom is 0.329 e. The summed E-state index contributed by atoms with van der Waals surface area (Å²) in [5.41, 5.74) is -1.29. The lowest BCUT2D eigenvalue weighted by molar-refractivity contribution is 0.123. The smallest absolute Gasteiger partial charge is 0.297 e. The van der Waals surface area contributed by atoms with Crippen molar-refractivity contribution in [2.24, 2.45) is 0 Å². The van der Waals surface area contributed by atoms with Crippen molar-refractivity contribution in [1.82, 2.24) is 9.55 Å². The van der Waals surface area contributed by atoms with Gasteiger partial charge >= 0.3 is 5.69 Å². The normalized spacial score (nSPS) is 16.7. The van der Waals surface area contributed by atoms with Crippen LogP contribution >= 0.6 is 11.6 Å². The van der Waals surface area contributed by atoms with Gasteiger partial charge in [-0.25, -0.2) is 13.6 Å². The Morgan fingerprint density at radius 2 is 1.94 bits per heavy atom. The van der Waals surface area contributed by atoms with Crippen LogP contribution in [0.4, 0.5) is 8.78 Å². The number of halogens is 3. The van der Waals surface area contributed by atoms with Gasteiger partial charge in [-0.3, -0.25) is 14.3 Å². The molecule has 1 heterocycles. The summed E-state index contributed by atoms with van der Waals surface area (Å²) in [7, 11) is 0. The molecular weight excluding hydrogens is 266 g/mol. The number of hydrogen-bond donors (Lipinski definition) is 1. The van der Waals surface area contributed by atoms with Gasteiger partial charge in [0.1, 0.15) is 5.15 Å². The van der Waals surface area contributed by atoms with Crippen molar-refractivity contribution >= 4 is 11.6 Å². The second-order valence-corrected chi connectivity index (χ2v) is 4.82. The van der Waals surface area contributed by atoms with Gasteiger partial charge in [0.2, 0.25) is 0 Å². The first-order valence-electron chi connectivity index (χ1n) is 5.81. The van der Waals surface area contributed by atoms with Crippen LogP contribution in [0.2, 0.25) is 5.15 Å². The lowest BCUT2D eigenvalue weighted by atomic mass is 10.0. The molecule has 1 aromatic rings. The summed E-state index contributed by atoms with van der Waals surface area (Å²) < 4.78 is 25.2. The molecule has 0 radical (unpaired) electrons. The van der Waals surface area contributed by atoms with E-state index in [4.69, 9.17) is 11.6 Å². The highest BCUT2D eigenvalue weighted by Crippen LogP contribution is 2.34. The number of hydrogen-bond acceptors (Lipinski definition) is 2. The predicted octanol–water partition coefficient (Wildman–Crippen LogP) is 2.11. The Morgan fingerprint density at radius 3 is 2.50 bits per heavy atom. The van der Waals surface area contributed by atoms with Gasteiger partial charge < -0.3 is 0 Å². The Bertz CT molecular complexity index is 547. The molecule has 18 heavy (non-hydrogen) atoms. The first kappa shape index (κ1) is 13.3. The minimum absolute atomic E-state index is 0.0117. The van der Waals surface area contributed by atoms with Gasteiger partial charge in [0.25, 0.3) is 12.0 Å². The predicted molar refractivity (Wildman–Crippen MR) is 63.5 cm³/mol. The molecule has 1 aromatic heterocycles. The van der Waals surface area contributed by atoms with Gasteiger partial charge in [0.05, 0.1) is 12.1 Å². The summed E-state index contributed by atoms with van der Waals surface area (Å²) in [6.07, 6.45) is 0.815. The SMILES string of the molecule is O=c1[nH]c(Cl)c(C2CCCC2)c(=O)n1CC(F)F. The molecule has 0 aromatic carbocycles. The molecule has 1 aliphatic carbocycles. The summed E-state index contributed by atoms with van der Waals surface area (Å²) in [5.74, 6) is -0.0363. The molecule has 1 saturated carbocycles. The van der Waals surface area contributed by atoms with Crippen molar-refractivity contribution < 1.29 is 8.78 Å². The van der Waals surface area contributed by atoms with Gasteiger partial charge in [0, 0.05) is 0 Å². The maximum atomic E-state index is 12.3. The van der Waals surface area contributed by atoms with Gasteiger partial charge in [-0.2, -0.15) is 0 Å². The molecule has 1 N–H and O–H groups in total. The van der Waals surface area contributed by atoms with Crippen molar-refractivity contribution in [3.05, 3.63) is 31.6 Å². The van der Waals surface area contributed by atoms with Gasteiger partial charge in [-0.15, -0.1) is 0 Å². The van der Waals surface area contributed by atoms with E-state index in [1.807, 2.05) is 0 Å². The minimum Gasteiger partial charge on any atom is -0.297 e. The second-order valence-electron chi connectivity index (χ2n) is 4.45. The largest absolute Gasteiger partial charge is 0.329 e. The molecule has 0 aliphatic heterocycles. The third-order valence-corrected chi connectivity index (χ3v) is 3.56. The monoisotopic (exact) mass is 278 g/mol. The fourth-order valence-corrected chi connectivity index (χ4v) is 2.75. The number of nitrogens with zero attached hydrogens (tertiary/aromatic N) is 1. The Balaban J connectivity index is 2.52. The number of aromatic nitrogens is 2. The van der Waals surface area contributed by atoms with Crippen LogP contribution < -0.4 is 11.2 Å². The van der Waals surface area contributed by atoms with Crippen LogP contribution in [0.5, 0.6) is 0 Å². The summed E-state index contributed by atoms with van der Waals surface area (Å²) in [5, 5.41) is -0.0117. The van der Waals surface area contributed by atoms with E-state index in [1.54, 1.807) is 0 Å². The van der Waals surface area contributed by atoms with Crippen molar-refractivity contribution in [1.29, 1.82) is 0 Å². The van der Waals surface area contributed by atoms with Crippen LogP contribution in [-0.4, -0.2) is 16.0 Å². The zero-order valence-electron chi connectivity index (χ0n) is 9.59. The third-order valence-electron chi connectivity index (χ3n) is 3.26. The van der Waals surface area contributed by atoms with Crippen LogP contribution in [0.1, 0.15) is 37.2 Å². The molecular formula is C11H13ClF2N2O2. The molecule has 100 valence electrons. The minimum atomic E-state index is -2.75. The Kier molecular flexibility index (Phi) is 3.85. The zero-order valence-corrected chi connectivity index (χ0v) is 10.3. The first-order valence-corrected chi connectivity index (χ1v) is 6.19. The molecule has 1 aliphatic rings. The number of H-pyrrole nitrogens is 1. The fourth-order valence-electron chi connectivity index (χ4n) is 2.43. The van der Waals surface area contributed by atoms with Gasteiger partial charge in [-0.1, -0.05) is 24.4 Å². The average Bonchev–Trinajstić information content (AvgIpc) is 2.77. The maximum absolute atomic E-state index is 12.3. The highest BCUT2D eigenvalue weighted by molar-refractivity contribution is 6.30. The quantitative estimate of drug-likeness (QED) is 0.861. The molecule has 0 saturated heterocycles. The van der Waals surface area contributed by atoms with Gasteiger partial charge in [0.15, 0.2) is 0 Å². The molecule has 0 unspecified atom stereocenters.